The Bertz CT molecular complexity index is 691. The summed E-state index contributed by atoms with van der Waals surface area (Å²) < 4.78 is 2.22. The topological polar surface area (TPSA) is 72.9 Å². The molecule has 2 atom stereocenters. The average Bonchev–Trinajstić information content (AvgIpc) is 2.92. The predicted octanol–water partition coefficient (Wildman–Crippen LogP) is 3.89. The Labute approximate surface area is 149 Å². The minimum Gasteiger partial charge on any atom is -0.327 e. The van der Waals surface area contributed by atoms with Crippen LogP contribution in [-0.2, 0) is 4.79 Å². The third kappa shape index (κ3) is 3.73. The van der Waals surface area contributed by atoms with Gasteiger partial charge in [-0.2, -0.15) is 0 Å². The van der Waals surface area contributed by atoms with Crippen molar-refractivity contribution in [2.75, 3.05) is 5.32 Å². The molecule has 1 fully saturated rings. The maximum absolute atomic E-state index is 12.4. The van der Waals surface area contributed by atoms with Crippen molar-refractivity contribution >= 4 is 35.3 Å². The number of carbonyl (C=O) groups is 1. The van der Waals surface area contributed by atoms with Crippen LogP contribution in [0.4, 0.5) is 5.95 Å². The van der Waals surface area contributed by atoms with Crippen LogP contribution >= 0.6 is 12.4 Å². The minimum atomic E-state index is -0.241. The van der Waals surface area contributed by atoms with Gasteiger partial charge in [0.15, 0.2) is 0 Å². The lowest BCUT2D eigenvalue weighted by atomic mass is 9.95. The number of nitrogens with zero attached hydrogens (tertiary/aromatic N) is 2. The number of aromatic nitrogens is 2. The molecular formula is C18H27ClN4O. The molecule has 1 amide bonds. The fraction of sp³-hybridized carbons (Fsp3) is 0.556. The molecule has 132 valence electrons. The molecule has 6 heteroatoms. The van der Waals surface area contributed by atoms with Gasteiger partial charge in [-0.3, -0.25) is 10.1 Å². The molecule has 24 heavy (non-hydrogen) atoms. The van der Waals surface area contributed by atoms with E-state index in [0.717, 1.165) is 23.9 Å². The summed E-state index contributed by atoms with van der Waals surface area (Å²) >= 11 is 0. The van der Waals surface area contributed by atoms with Gasteiger partial charge in [-0.15, -0.1) is 12.4 Å². The van der Waals surface area contributed by atoms with Crippen molar-refractivity contribution in [3.05, 3.63) is 24.3 Å². The summed E-state index contributed by atoms with van der Waals surface area (Å²) in [7, 11) is 0. The lowest BCUT2D eigenvalue weighted by Crippen LogP contribution is -2.35. The molecule has 3 N–H and O–H groups in total. The van der Waals surface area contributed by atoms with Crippen molar-refractivity contribution in [1.29, 1.82) is 0 Å². The lowest BCUT2D eigenvalue weighted by molar-refractivity contribution is -0.119. The van der Waals surface area contributed by atoms with Crippen LogP contribution in [0.5, 0.6) is 0 Å². The maximum atomic E-state index is 12.4. The van der Waals surface area contributed by atoms with Crippen LogP contribution in [0, 0.1) is 5.92 Å². The Hall–Kier alpha value is -1.59. The highest BCUT2D eigenvalue weighted by Gasteiger charge is 2.24. The molecule has 2 aromatic rings. The highest BCUT2D eigenvalue weighted by atomic mass is 35.5. The molecule has 2 unspecified atom stereocenters. The van der Waals surface area contributed by atoms with Crippen LogP contribution in [0.1, 0.15) is 52.0 Å². The number of benzene rings is 1. The molecule has 0 bridgehead atoms. The summed E-state index contributed by atoms with van der Waals surface area (Å²) in [6.07, 6.45) is 6.06. The zero-order valence-corrected chi connectivity index (χ0v) is 15.2. The zero-order chi connectivity index (χ0) is 16.4. The molecule has 0 saturated heterocycles. The number of rotatable bonds is 4. The highest BCUT2D eigenvalue weighted by molar-refractivity contribution is 5.93. The van der Waals surface area contributed by atoms with Crippen molar-refractivity contribution < 1.29 is 4.79 Å². The summed E-state index contributed by atoms with van der Waals surface area (Å²) in [5.41, 5.74) is 7.89. The van der Waals surface area contributed by atoms with Gasteiger partial charge in [-0.05, 0) is 31.9 Å². The lowest BCUT2D eigenvalue weighted by Gasteiger charge is -2.26. The molecule has 0 spiro atoms. The normalized spacial score (nSPS) is 18.0. The standard InChI is InChI=1S/C18H26N4O.ClH/c1-12(13(2)19)17(23)21-18-20-15-10-6-7-11-16(15)22(18)14-8-4-3-5-9-14;/h6-7,10-14H,3-5,8-9,19H2,1-2H3,(H,20,21,23);1H. The second kappa shape index (κ2) is 7.99. The van der Waals surface area contributed by atoms with Crippen LogP contribution in [0.3, 0.4) is 0 Å². The third-order valence-corrected chi connectivity index (χ3v) is 4.97. The van der Waals surface area contributed by atoms with Gasteiger partial charge >= 0.3 is 0 Å². The first kappa shape index (κ1) is 18.7. The van der Waals surface area contributed by atoms with E-state index >= 15 is 0 Å². The van der Waals surface area contributed by atoms with E-state index in [1.165, 1.54) is 19.3 Å². The summed E-state index contributed by atoms with van der Waals surface area (Å²) in [5, 5.41) is 3.01. The molecule has 0 aliphatic heterocycles. The molecule has 5 nitrogen and oxygen atoms in total. The number of nitrogens with two attached hydrogens (primary N) is 1. The summed E-state index contributed by atoms with van der Waals surface area (Å²) in [6.45, 7) is 3.71. The SMILES string of the molecule is CC(N)C(C)C(=O)Nc1nc2ccccc2n1C1CCCCC1.Cl. The van der Waals surface area contributed by atoms with Gasteiger partial charge in [-0.25, -0.2) is 4.98 Å². The summed E-state index contributed by atoms with van der Waals surface area (Å²) in [5.74, 6) is 0.359. The van der Waals surface area contributed by atoms with Gasteiger partial charge in [-0.1, -0.05) is 38.3 Å². The van der Waals surface area contributed by atoms with E-state index in [1.807, 2.05) is 32.0 Å². The van der Waals surface area contributed by atoms with Gasteiger partial charge in [0.2, 0.25) is 11.9 Å². The Morgan fingerprint density at radius 3 is 2.58 bits per heavy atom. The van der Waals surface area contributed by atoms with Crippen LogP contribution in [0.2, 0.25) is 0 Å². The first-order valence-corrected chi connectivity index (χ1v) is 8.61. The number of nitrogens with one attached hydrogen (secondary N) is 1. The molecule has 1 aliphatic carbocycles. The van der Waals surface area contributed by atoms with Crippen molar-refractivity contribution in [1.82, 2.24) is 9.55 Å². The Kier molecular flexibility index (Phi) is 6.24. The Balaban J connectivity index is 0.00000208. The quantitative estimate of drug-likeness (QED) is 0.878. The van der Waals surface area contributed by atoms with E-state index in [2.05, 4.69) is 20.9 Å². The molecule has 1 aromatic heterocycles. The first-order chi connectivity index (χ1) is 11.1. The molecule has 1 aromatic carbocycles. The third-order valence-electron chi connectivity index (χ3n) is 4.97. The molecule has 1 aliphatic rings. The highest BCUT2D eigenvalue weighted by Crippen LogP contribution is 2.34. The smallest absolute Gasteiger partial charge is 0.231 e. The molecule has 1 heterocycles. The number of para-hydroxylation sites is 2. The number of hydrogen-bond donors (Lipinski definition) is 2. The fourth-order valence-electron chi connectivity index (χ4n) is 3.30. The van der Waals surface area contributed by atoms with Gasteiger partial charge in [0.05, 0.1) is 17.0 Å². The summed E-state index contributed by atoms with van der Waals surface area (Å²) in [4.78, 5) is 17.1. The van der Waals surface area contributed by atoms with E-state index < -0.39 is 0 Å². The van der Waals surface area contributed by atoms with Gasteiger partial charge in [0.25, 0.3) is 0 Å². The number of halogens is 1. The van der Waals surface area contributed by atoms with Crippen molar-refractivity contribution in [2.45, 2.75) is 58.0 Å². The van der Waals surface area contributed by atoms with E-state index in [4.69, 9.17) is 5.73 Å². The van der Waals surface area contributed by atoms with E-state index in [-0.39, 0.29) is 30.3 Å². The number of hydrogen-bond acceptors (Lipinski definition) is 3. The number of imidazole rings is 1. The number of anilines is 1. The van der Waals surface area contributed by atoms with E-state index in [1.54, 1.807) is 0 Å². The number of carbonyl (C=O) groups excluding carboxylic acids is 1. The Morgan fingerprint density at radius 2 is 1.92 bits per heavy atom. The molecule has 1 saturated carbocycles. The second-order valence-electron chi connectivity index (χ2n) is 6.72. The largest absolute Gasteiger partial charge is 0.327 e. The molecule has 0 radical (unpaired) electrons. The van der Waals surface area contributed by atoms with Crippen molar-refractivity contribution in [3.63, 3.8) is 0 Å². The maximum Gasteiger partial charge on any atom is 0.231 e. The number of fused-ring (bicyclic) bond motifs is 1. The van der Waals surface area contributed by atoms with Gasteiger partial charge in [0.1, 0.15) is 0 Å². The van der Waals surface area contributed by atoms with Crippen LogP contribution in [-0.4, -0.2) is 21.5 Å². The zero-order valence-electron chi connectivity index (χ0n) is 14.4. The molecule has 3 rings (SSSR count). The number of amides is 1. The summed E-state index contributed by atoms with van der Waals surface area (Å²) in [6, 6.07) is 8.33. The second-order valence-corrected chi connectivity index (χ2v) is 6.72. The van der Waals surface area contributed by atoms with Gasteiger partial charge < -0.3 is 10.3 Å². The average molecular weight is 351 g/mol. The predicted molar refractivity (Wildman–Crippen MR) is 101 cm³/mol. The Morgan fingerprint density at radius 1 is 1.25 bits per heavy atom. The van der Waals surface area contributed by atoms with Crippen LogP contribution in [0.25, 0.3) is 11.0 Å². The monoisotopic (exact) mass is 350 g/mol. The van der Waals surface area contributed by atoms with Crippen LogP contribution < -0.4 is 11.1 Å². The minimum absolute atomic E-state index is 0. The van der Waals surface area contributed by atoms with Crippen LogP contribution in [0.15, 0.2) is 24.3 Å². The van der Waals surface area contributed by atoms with Gasteiger partial charge in [0, 0.05) is 12.1 Å². The first-order valence-electron chi connectivity index (χ1n) is 8.61. The molecular weight excluding hydrogens is 324 g/mol. The van der Waals surface area contributed by atoms with E-state index in [9.17, 15) is 4.79 Å². The van der Waals surface area contributed by atoms with Crippen molar-refractivity contribution in [3.8, 4) is 0 Å². The van der Waals surface area contributed by atoms with E-state index in [0.29, 0.717) is 12.0 Å². The fourth-order valence-corrected chi connectivity index (χ4v) is 3.30. The van der Waals surface area contributed by atoms with Crippen molar-refractivity contribution in [2.24, 2.45) is 11.7 Å².